The lowest BCUT2D eigenvalue weighted by Gasteiger charge is -2.23. The first-order chi connectivity index (χ1) is 11.0. The fourth-order valence-electron chi connectivity index (χ4n) is 2.14. The molecule has 0 aromatic heterocycles. The third-order valence-corrected chi connectivity index (χ3v) is 3.39. The van der Waals surface area contributed by atoms with Crippen molar-refractivity contribution in [2.45, 2.75) is 26.3 Å². The number of carbonyl (C=O) groups excluding carboxylic acids is 2. The van der Waals surface area contributed by atoms with Crippen LogP contribution >= 0.6 is 0 Å². The molecule has 1 aromatic carbocycles. The van der Waals surface area contributed by atoms with Gasteiger partial charge in [-0.2, -0.15) is 0 Å². The van der Waals surface area contributed by atoms with Crippen LogP contribution in [-0.2, 0) is 16.1 Å². The van der Waals surface area contributed by atoms with Gasteiger partial charge >= 0.3 is 0 Å². The van der Waals surface area contributed by atoms with Crippen molar-refractivity contribution in [3.05, 3.63) is 42.5 Å². The average molecular weight is 318 g/mol. The third kappa shape index (κ3) is 6.14. The second-order valence-corrected chi connectivity index (χ2v) is 5.39. The Labute approximate surface area is 138 Å². The van der Waals surface area contributed by atoms with Crippen LogP contribution < -0.4 is 4.74 Å². The normalized spacial score (nSPS) is 10.0. The second kappa shape index (κ2) is 9.66. The maximum absolute atomic E-state index is 12.4. The fraction of sp³-hybridized carbons (Fsp3) is 0.444. The van der Waals surface area contributed by atoms with Crippen LogP contribution in [0.3, 0.4) is 0 Å². The number of benzene rings is 1. The van der Waals surface area contributed by atoms with Crippen molar-refractivity contribution in [2.24, 2.45) is 0 Å². The number of carbonyl (C=O) groups is 2. The molecule has 0 atom stereocenters. The van der Waals surface area contributed by atoms with E-state index in [1.165, 1.54) is 4.90 Å². The van der Waals surface area contributed by atoms with Gasteiger partial charge in [0.1, 0.15) is 5.75 Å². The Morgan fingerprint density at radius 2 is 1.83 bits per heavy atom. The minimum atomic E-state index is -0.0635. The van der Waals surface area contributed by atoms with Crippen LogP contribution in [0, 0.1) is 0 Å². The molecule has 23 heavy (non-hydrogen) atoms. The van der Waals surface area contributed by atoms with E-state index in [-0.39, 0.29) is 24.7 Å². The van der Waals surface area contributed by atoms with E-state index in [4.69, 9.17) is 4.74 Å². The topological polar surface area (TPSA) is 49.9 Å². The summed E-state index contributed by atoms with van der Waals surface area (Å²) in [5, 5.41) is 0. The van der Waals surface area contributed by atoms with E-state index in [0.717, 1.165) is 11.3 Å². The molecule has 0 aliphatic heterocycles. The molecule has 0 fully saturated rings. The van der Waals surface area contributed by atoms with E-state index >= 15 is 0 Å². The second-order valence-electron chi connectivity index (χ2n) is 5.39. The maximum Gasteiger partial charge on any atom is 0.223 e. The molecule has 5 heteroatoms. The summed E-state index contributed by atoms with van der Waals surface area (Å²) >= 11 is 0. The van der Waals surface area contributed by atoms with Crippen molar-refractivity contribution in [2.75, 3.05) is 27.2 Å². The van der Waals surface area contributed by atoms with Gasteiger partial charge in [-0.15, -0.1) is 6.58 Å². The summed E-state index contributed by atoms with van der Waals surface area (Å²) in [6.45, 7) is 7.09. The van der Waals surface area contributed by atoms with Crippen molar-refractivity contribution < 1.29 is 14.3 Å². The third-order valence-electron chi connectivity index (χ3n) is 3.39. The summed E-state index contributed by atoms with van der Waals surface area (Å²) in [6, 6.07) is 7.66. The first-order valence-electron chi connectivity index (χ1n) is 7.79. The summed E-state index contributed by atoms with van der Waals surface area (Å²) in [5.41, 5.74) is 0.948. The Morgan fingerprint density at radius 3 is 2.43 bits per heavy atom. The summed E-state index contributed by atoms with van der Waals surface area (Å²) in [4.78, 5) is 27.2. The van der Waals surface area contributed by atoms with Gasteiger partial charge in [0.05, 0.1) is 6.61 Å². The first kappa shape index (κ1) is 18.7. The lowest BCUT2D eigenvalue weighted by molar-refractivity contribution is -0.135. The number of ether oxygens (including phenoxy) is 1. The molecule has 0 spiro atoms. The average Bonchev–Trinajstić information content (AvgIpc) is 2.53. The van der Waals surface area contributed by atoms with Gasteiger partial charge in [0.25, 0.3) is 0 Å². The Bertz CT molecular complexity index is 541. The fourth-order valence-corrected chi connectivity index (χ4v) is 2.14. The van der Waals surface area contributed by atoms with Crippen LogP contribution in [0.15, 0.2) is 36.9 Å². The molecule has 1 rings (SSSR count). The number of hydrogen-bond donors (Lipinski definition) is 0. The highest BCUT2D eigenvalue weighted by atomic mass is 16.5. The quantitative estimate of drug-likeness (QED) is 0.657. The summed E-state index contributed by atoms with van der Waals surface area (Å²) < 4.78 is 5.60. The molecule has 0 bridgehead atoms. The molecular weight excluding hydrogens is 292 g/mol. The van der Waals surface area contributed by atoms with Crippen LogP contribution in [-0.4, -0.2) is 48.9 Å². The van der Waals surface area contributed by atoms with Gasteiger partial charge in [0, 0.05) is 45.6 Å². The molecule has 1 aromatic rings. The smallest absolute Gasteiger partial charge is 0.223 e. The maximum atomic E-state index is 12.4. The molecule has 0 heterocycles. The zero-order valence-electron chi connectivity index (χ0n) is 14.2. The minimum Gasteiger partial charge on any atom is -0.494 e. The van der Waals surface area contributed by atoms with Gasteiger partial charge in [-0.05, 0) is 13.0 Å². The molecule has 126 valence electrons. The zero-order valence-corrected chi connectivity index (χ0v) is 14.2. The zero-order chi connectivity index (χ0) is 17.2. The molecule has 0 unspecified atom stereocenters. The number of rotatable bonds is 9. The van der Waals surface area contributed by atoms with Crippen molar-refractivity contribution in [3.8, 4) is 5.75 Å². The number of amides is 2. The molecule has 0 saturated carbocycles. The highest BCUT2D eigenvalue weighted by Gasteiger charge is 2.16. The van der Waals surface area contributed by atoms with Crippen molar-refractivity contribution in [3.63, 3.8) is 0 Å². The van der Waals surface area contributed by atoms with Crippen LogP contribution in [0.4, 0.5) is 0 Å². The molecule has 2 amide bonds. The monoisotopic (exact) mass is 318 g/mol. The summed E-state index contributed by atoms with van der Waals surface area (Å²) in [7, 11) is 3.37. The predicted octanol–water partition coefficient (Wildman–Crippen LogP) is 2.47. The van der Waals surface area contributed by atoms with Crippen LogP contribution in [0.2, 0.25) is 0 Å². The largest absolute Gasteiger partial charge is 0.494 e. The number of para-hydroxylation sites is 1. The molecular formula is C18H26N2O3. The Hall–Kier alpha value is -2.30. The molecule has 0 radical (unpaired) electrons. The van der Waals surface area contributed by atoms with E-state index in [1.54, 1.807) is 25.1 Å². The highest BCUT2D eigenvalue weighted by Crippen LogP contribution is 2.20. The van der Waals surface area contributed by atoms with Gasteiger partial charge in [-0.25, -0.2) is 0 Å². The lowest BCUT2D eigenvalue weighted by atomic mass is 10.1. The summed E-state index contributed by atoms with van der Waals surface area (Å²) in [5.74, 6) is 0.666. The van der Waals surface area contributed by atoms with Crippen LogP contribution in [0.1, 0.15) is 25.3 Å². The Kier molecular flexibility index (Phi) is 7.88. The predicted molar refractivity (Wildman–Crippen MR) is 91.2 cm³/mol. The van der Waals surface area contributed by atoms with Gasteiger partial charge in [-0.3, -0.25) is 9.59 Å². The Balaban J connectivity index is 2.76. The molecule has 5 nitrogen and oxygen atoms in total. The van der Waals surface area contributed by atoms with Gasteiger partial charge < -0.3 is 14.5 Å². The first-order valence-corrected chi connectivity index (χ1v) is 7.79. The molecule has 0 aliphatic carbocycles. The molecule has 0 N–H and O–H groups in total. The number of nitrogens with zero attached hydrogens (tertiary/aromatic N) is 2. The van der Waals surface area contributed by atoms with Crippen LogP contribution in [0.25, 0.3) is 0 Å². The molecule has 0 saturated heterocycles. The SMILES string of the molecule is C=CCN(Cc1ccccc1OCC)C(=O)CCC(=O)N(C)C. The van der Waals surface area contributed by atoms with Crippen molar-refractivity contribution >= 4 is 11.8 Å². The van der Waals surface area contributed by atoms with E-state index in [0.29, 0.717) is 19.7 Å². The van der Waals surface area contributed by atoms with E-state index in [9.17, 15) is 9.59 Å². The van der Waals surface area contributed by atoms with E-state index < -0.39 is 0 Å². The van der Waals surface area contributed by atoms with E-state index in [2.05, 4.69) is 6.58 Å². The van der Waals surface area contributed by atoms with E-state index in [1.807, 2.05) is 31.2 Å². The van der Waals surface area contributed by atoms with Crippen molar-refractivity contribution in [1.82, 2.24) is 9.80 Å². The standard InChI is InChI=1S/C18H26N2O3/c1-5-13-20(18(22)12-11-17(21)19(3)4)14-15-9-7-8-10-16(15)23-6-2/h5,7-10H,1,6,11-14H2,2-4H3. The minimum absolute atomic E-state index is 0.0494. The number of hydrogen-bond acceptors (Lipinski definition) is 3. The highest BCUT2D eigenvalue weighted by molar-refractivity contribution is 5.83. The van der Waals surface area contributed by atoms with Gasteiger partial charge in [0.2, 0.25) is 11.8 Å². The van der Waals surface area contributed by atoms with Crippen LogP contribution in [0.5, 0.6) is 5.75 Å². The Morgan fingerprint density at radius 1 is 1.17 bits per heavy atom. The van der Waals surface area contributed by atoms with Gasteiger partial charge in [0.15, 0.2) is 0 Å². The molecule has 0 aliphatic rings. The lowest BCUT2D eigenvalue weighted by Crippen LogP contribution is -2.32. The van der Waals surface area contributed by atoms with Crippen molar-refractivity contribution in [1.29, 1.82) is 0 Å². The summed E-state index contributed by atoms with van der Waals surface area (Å²) in [6.07, 6.45) is 2.10. The van der Waals surface area contributed by atoms with Gasteiger partial charge in [-0.1, -0.05) is 24.3 Å².